The van der Waals surface area contributed by atoms with Crippen molar-refractivity contribution in [3.8, 4) is 0 Å². The van der Waals surface area contributed by atoms with Gasteiger partial charge in [0.1, 0.15) is 60.9 Å². The summed E-state index contributed by atoms with van der Waals surface area (Å²) >= 11 is 6.59. The van der Waals surface area contributed by atoms with Gasteiger partial charge >= 0.3 is 11.9 Å². The van der Waals surface area contributed by atoms with Gasteiger partial charge in [0.2, 0.25) is 23.7 Å². The molecule has 4 amide bonds. The molecule has 132 heavy (non-hydrogen) atoms. The van der Waals surface area contributed by atoms with Crippen LogP contribution in [0.1, 0.15) is 70.6 Å². The number of nitrogens with zero attached hydrogens (tertiary/aromatic N) is 11. The number of aliphatic carboxylic acids is 2. The zero-order chi connectivity index (χ0) is 95.3. The van der Waals surface area contributed by atoms with Crippen molar-refractivity contribution < 1.29 is 140 Å². The number of fused-ring (bicyclic) bond motifs is 2. The predicted molar refractivity (Wildman–Crippen MR) is 498 cm³/mol. The van der Waals surface area contributed by atoms with Crippen molar-refractivity contribution in [1.82, 2.24) is 72.6 Å². The van der Waals surface area contributed by atoms with Crippen LogP contribution in [-0.4, -0.2) is 372 Å². The second-order valence-corrected chi connectivity index (χ2v) is 32.2. The number of benzene rings is 2. The second kappa shape index (κ2) is 66.3. The Kier molecular flexibility index (Phi) is 58.8. The molecule has 2 aromatic carbocycles. The van der Waals surface area contributed by atoms with Crippen LogP contribution in [0.4, 0.5) is 34.9 Å². The topological polar surface area (TPSA) is 773 Å². The van der Waals surface area contributed by atoms with Crippen molar-refractivity contribution in [1.29, 1.82) is 0 Å². The van der Waals surface area contributed by atoms with Crippen molar-refractivity contribution >= 4 is 152 Å². The SMILES string of the molecule is CSCCOC1OC(CO)C(O)C(O)C1O.CSCCOC1OC(CO)C(O)C(O)C1O.CSCCOCC/C(N)=C/NCCOCCNC(=O)CCC(NC(=O)c1ccc(NCc2cnc3nc(N)nc(N)c3n2)cc1)C(=O)O.CSCCOCCC(C=NCCOCCNC(=O)CCC(NC(=O)c1ccc(N(C)Cc2cnc3nc(N)nc(N)c3n2)cc1)C(=O)O)=NN.N.[Au]. The Morgan fingerprint density at radius 1 is 0.545 bits per heavy atom. The molecular formula is C79H126AuN24O24S4. The number of carboxylic acids is 2. The molecule has 2 aliphatic heterocycles. The largest absolute Gasteiger partial charge is 0.480 e. The first-order chi connectivity index (χ1) is 62.5. The number of nitrogens with two attached hydrogens (primary N) is 6. The maximum Gasteiger partial charge on any atom is 0.326 e. The van der Waals surface area contributed by atoms with E-state index in [1.165, 1.54) is 6.20 Å². The van der Waals surface area contributed by atoms with Crippen LogP contribution in [-0.2, 0) is 92.5 Å². The number of aliphatic imine (C=N–C) groups is 1. The number of aromatic nitrogens is 8. The third-order valence-corrected chi connectivity index (χ3v) is 20.7. The minimum Gasteiger partial charge on any atom is -0.480 e. The number of carbonyl (C=O) groups is 6. The summed E-state index contributed by atoms with van der Waals surface area (Å²) in [7, 11) is 1.83. The number of carboxylic acid groups (broad SMARTS) is 2. The van der Waals surface area contributed by atoms with Crippen molar-refractivity contribution in [2.75, 3.05) is 194 Å². The smallest absolute Gasteiger partial charge is 0.326 e. The molecule has 0 saturated carbocycles. The first-order valence-corrected chi connectivity index (χ1v) is 46.5. The van der Waals surface area contributed by atoms with E-state index in [1.54, 1.807) is 114 Å². The van der Waals surface area contributed by atoms with Crippen LogP contribution < -0.4 is 77.5 Å². The van der Waals surface area contributed by atoms with Gasteiger partial charge in [-0.1, -0.05) is 0 Å². The molecule has 741 valence electrons. The molecule has 4 aromatic heterocycles. The molecule has 48 nitrogen and oxygen atoms in total. The van der Waals surface area contributed by atoms with Gasteiger partial charge in [0.05, 0.1) is 128 Å². The molecule has 2 aliphatic rings. The molecule has 8 rings (SSSR count). The molecule has 12 atom stereocenters. The number of hydrogen-bond acceptors (Lipinski definition) is 46. The van der Waals surface area contributed by atoms with Gasteiger partial charge in [-0.2, -0.15) is 72.1 Å². The van der Waals surface area contributed by atoms with E-state index in [0.29, 0.717) is 143 Å². The van der Waals surface area contributed by atoms with Gasteiger partial charge < -0.3 is 166 Å². The second-order valence-electron chi connectivity index (χ2n) is 28.2. The average Bonchev–Trinajstić information content (AvgIpc) is 0.902. The van der Waals surface area contributed by atoms with Crippen LogP contribution >= 0.6 is 47.0 Å². The van der Waals surface area contributed by atoms with E-state index in [1.807, 2.05) is 37.0 Å². The molecule has 2 saturated heterocycles. The minimum atomic E-state index is -1.37. The number of thioether (sulfide) groups is 4. The molecule has 0 bridgehead atoms. The fourth-order valence-electron chi connectivity index (χ4n) is 11.3. The number of rotatable bonds is 54. The summed E-state index contributed by atoms with van der Waals surface area (Å²) in [6, 6.07) is 10.5. The van der Waals surface area contributed by atoms with E-state index in [0.717, 1.165) is 28.7 Å². The third-order valence-electron chi connectivity index (χ3n) is 18.4. The number of ether oxygens (including phenoxy) is 8. The summed E-state index contributed by atoms with van der Waals surface area (Å²) in [5.41, 5.74) is 34.6. The molecule has 6 aromatic rings. The first kappa shape index (κ1) is 117. The number of amides is 4. The van der Waals surface area contributed by atoms with Gasteiger partial charge in [0, 0.05) is 138 Å². The number of anilines is 6. The first-order valence-electron chi connectivity index (χ1n) is 40.9. The van der Waals surface area contributed by atoms with Crippen molar-refractivity contribution in [3.63, 3.8) is 0 Å². The summed E-state index contributed by atoms with van der Waals surface area (Å²) in [5.74, 6) is 4.64. The van der Waals surface area contributed by atoms with Gasteiger partial charge in [-0.25, -0.2) is 29.5 Å². The van der Waals surface area contributed by atoms with Gasteiger partial charge in [-0.05, 0) is 86.4 Å². The number of hydrogen-bond donors (Lipinski definition) is 23. The summed E-state index contributed by atoms with van der Waals surface area (Å²) in [6.07, 6.45) is 3.27. The van der Waals surface area contributed by atoms with Crippen molar-refractivity contribution in [2.24, 2.45) is 21.7 Å². The molecule has 0 spiro atoms. The summed E-state index contributed by atoms with van der Waals surface area (Å²) in [4.78, 5) is 113. The number of hydrazone groups is 1. The number of aliphatic hydroxyl groups excluding tert-OH is 8. The Balaban J connectivity index is 0.000000504. The zero-order valence-electron chi connectivity index (χ0n) is 73.9. The standard InChI is InChI=1S/C31H44N12O6S.C30H43N11O6S.2C9H18O6S.Au.H3N/c1-43(19-22-18-37-28-26(38-22)27(32)40-31(33)41-28)23-5-3-20(4-6-23)29(45)39-24(30(46)47)7-8-25(44)36-11-14-49-13-10-35-17-21(42-34)9-12-48-15-16-50-2;1-48-15-14-46-11-8-20(31)16-34-9-12-47-13-10-35-24(42)7-6-23(29(44)45)39-28(43)19-2-4-21(5-3-19)36-17-22-18-37-27-25(38-22)26(32)40-30(33)41-27;2*1-16-3-2-14-9-8(13)7(12)6(11)5(4-10)15-9;;/h3-6,17-18,24H,7-16,19,34H2,1-2H3,(H,36,44)(H,39,45)(H,46,47)(H4,32,33,37,40,41);2-5,16,18,23,34,36H,6-15,17,31H2,1H3,(H,35,42)(H,39,43)(H,44,45)(H4,32,33,37,40,41);2*5-13H,2-4H2,1H3;;1H3/b;20-16-;;;;. The number of nitrogens with one attached hydrogen (secondary N) is 6. The molecule has 0 aliphatic carbocycles. The van der Waals surface area contributed by atoms with E-state index in [-0.39, 0.29) is 127 Å². The number of aliphatic hydroxyl groups is 8. The van der Waals surface area contributed by atoms with E-state index < -0.39 is 110 Å². The normalized spacial score (nSPS) is 18.7. The third kappa shape index (κ3) is 43.5. The molecular weight excluding hydrogens is 1990 g/mol. The van der Waals surface area contributed by atoms with Crippen LogP contribution in [0.25, 0.3) is 22.3 Å². The van der Waals surface area contributed by atoms with E-state index in [2.05, 4.69) is 81.9 Å². The Bertz CT molecular complexity index is 4430. The van der Waals surface area contributed by atoms with Gasteiger partial charge in [0.15, 0.2) is 46.5 Å². The van der Waals surface area contributed by atoms with Crippen LogP contribution in [0.2, 0.25) is 0 Å². The quantitative estimate of drug-likeness (QED) is 0.00613. The Hall–Kier alpha value is -9.16. The van der Waals surface area contributed by atoms with Gasteiger partial charge in [-0.3, -0.25) is 24.2 Å². The minimum absolute atomic E-state index is 0. The maximum atomic E-state index is 12.8. The molecule has 53 heteroatoms. The van der Waals surface area contributed by atoms with Gasteiger partial charge in [-0.15, -0.1) is 0 Å². The fourth-order valence-corrected chi connectivity index (χ4v) is 12.4. The van der Waals surface area contributed by atoms with Crippen LogP contribution in [0.15, 0.2) is 82.9 Å². The van der Waals surface area contributed by atoms with Crippen LogP contribution in [0.5, 0.6) is 0 Å². The maximum absolute atomic E-state index is 12.8. The fraction of sp³-hybridized carbons (Fsp3) is 0.570. The number of nitrogen functional groups attached to an aromatic ring is 4. The molecule has 2 fully saturated rings. The summed E-state index contributed by atoms with van der Waals surface area (Å²) in [6.45, 7) is 5.70. The Labute approximate surface area is 795 Å². The molecule has 6 heterocycles. The van der Waals surface area contributed by atoms with E-state index >= 15 is 0 Å². The van der Waals surface area contributed by atoms with Crippen LogP contribution in [0.3, 0.4) is 0 Å². The van der Waals surface area contributed by atoms with Gasteiger partial charge in [0.25, 0.3) is 11.8 Å². The summed E-state index contributed by atoms with van der Waals surface area (Å²) in [5, 5.41) is 114. The molecule has 12 unspecified atom stereocenters. The van der Waals surface area contributed by atoms with Crippen molar-refractivity contribution in [3.05, 3.63) is 95.3 Å². The Morgan fingerprint density at radius 3 is 1.44 bits per heavy atom. The van der Waals surface area contributed by atoms with Crippen LogP contribution in [0, 0.1) is 0 Å². The summed E-state index contributed by atoms with van der Waals surface area (Å²) < 4.78 is 42.6. The average molecular weight is 2120 g/mol. The van der Waals surface area contributed by atoms with Crippen molar-refractivity contribution in [2.45, 2.75) is 125 Å². The predicted octanol–water partition coefficient (Wildman–Crippen LogP) is -2.59. The van der Waals surface area contributed by atoms with E-state index in [9.17, 15) is 69.6 Å². The zero-order valence-corrected chi connectivity index (χ0v) is 79.3. The van der Waals surface area contributed by atoms with E-state index in [4.69, 9.17) is 82.6 Å². The molecule has 1 radical (unpaired) electrons. The Morgan fingerprint density at radius 2 is 0.977 bits per heavy atom. The molecule has 31 N–H and O–H groups in total. The monoisotopic (exact) mass is 2120 g/mol. The number of carbonyl (C=O) groups excluding carboxylic acids is 4.